The van der Waals surface area contributed by atoms with Crippen LogP contribution in [0.3, 0.4) is 0 Å². The molecule has 2 N–H and O–H groups in total. The quantitative estimate of drug-likeness (QED) is 0.225. The molecule has 0 bridgehead atoms. The van der Waals surface area contributed by atoms with Crippen molar-refractivity contribution in [2.75, 3.05) is 4.72 Å². The largest absolute Gasteiger partial charge is 0.489 e. The molecule has 0 unspecified atom stereocenters. The second-order valence-electron chi connectivity index (χ2n) is 9.15. The molecule has 0 aliphatic heterocycles. The van der Waals surface area contributed by atoms with Gasteiger partial charge in [0.05, 0.1) is 16.1 Å². The molecule has 0 radical (unpaired) electrons. The molecule has 5 rings (SSSR count). The summed E-state index contributed by atoms with van der Waals surface area (Å²) in [5.41, 5.74) is 0.848. The third-order valence-electron chi connectivity index (χ3n) is 6.19. The first-order valence-electron chi connectivity index (χ1n) is 12.2. The molecule has 0 atom stereocenters. The van der Waals surface area contributed by atoms with E-state index in [4.69, 9.17) is 4.74 Å². The fraction of sp³-hybridized carbons (Fsp3) is 0.100. The summed E-state index contributed by atoms with van der Waals surface area (Å²) in [6, 6.07) is 27.3. The number of hydrogen-bond donors (Lipinski definition) is 2. The number of fused-ring (bicyclic) bond motifs is 1. The molecule has 1 heterocycles. The van der Waals surface area contributed by atoms with Crippen molar-refractivity contribution >= 4 is 26.6 Å². The van der Waals surface area contributed by atoms with Gasteiger partial charge in [-0.1, -0.05) is 54.6 Å². The number of anilines is 1. The highest BCUT2D eigenvalue weighted by Gasteiger charge is 2.33. The number of alkyl halides is 3. The maximum absolute atomic E-state index is 13.5. The number of hydrogen-bond acceptors (Lipinski definition) is 4. The topological polar surface area (TPSA) is 88.3 Å². The Balaban J connectivity index is 1.29. The summed E-state index contributed by atoms with van der Waals surface area (Å²) < 4.78 is 74.7. The van der Waals surface area contributed by atoms with Gasteiger partial charge in [0.1, 0.15) is 12.4 Å². The van der Waals surface area contributed by atoms with Gasteiger partial charge in [0, 0.05) is 23.0 Å². The van der Waals surface area contributed by atoms with E-state index in [9.17, 15) is 26.4 Å². The zero-order valence-corrected chi connectivity index (χ0v) is 21.7. The number of aromatic nitrogens is 1. The lowest BCUT2D eigenvalue weighted by Gasteiger charge is -2.12. The standard InChI is InChI=1S/C30H23F3N2O4S/c31-30(32,33)27-18-29(36)34-28-14-11-22(16-26(27)28)15-20-9-12-25(13-10-20)40(37,38)35-23-7-4-8-24(17-23)39-19-21-5-2-1-3-6-21/h1-14,16-18,35H,15,19H2,(H,34,36). The lowest BCUT2D eigenvalue weighted by Crippen LogP contribution is -2.14. The van der Waals surface area contributed by atoms with E-state index >= 15 is 0 Å². The number of rotatable bonds is 8. The Kier molecular flexibility index (Phi) is 7.36. The van der Waals surface area contributed by atoms with Crippen LogP contribution < -0.4 is 15.0 Å². The number of nitrogens with one attached hydrogen (secondary N) is 2. The summed E-state index contributed by atoms with van der Waals surface area (Å²) in [6.45, 7) is 0.338. The SMILES string of the molecule is O=c1cc(C(F)(F)F)c2cc(Cc3ccc(S(=O)(=O)Nc4cccc(OCc5ccccc5)c4)cc3)ccc2[nH]1. The Bertz CT molecular complexity index is 1820. The fourth-order valence-electron chi connectivity index (χ4n) is 4.27. The molecule has 1 aromatic heterocycles. The maximum Gasteiger partial charge on any atom is 0.417 e. The molecule has 6 nitrogen and oxygen atoms in total. The molecule has 0 spiro atoms. The van der Waals surface area contributed by atoms with Crippen molar-refractivity contribution in [3.8, 4) is 5.75 Å². The summed E-state index contributed by atoms with van der Waals surface area (Å²) >= 11 is 0. The second-order valence-corrected chi connectivity index (χ2v) is 10.8. The van der Waals surface area contributed by atoms with Crippen molar-refractivity contribution < 1.29 is 26.3 Å². The van der Waals surface area contributed by atoms with Gasteiger partial charge in [-0.2, -0.15) is 13.2 Å². The molecule has 40 heavy (non-hydrogen) atoms. The van der Waals surface area contributed by atoms with Gasteiger partial charge in [-0.25, -0.2) is 8.42 Å². The number of ether oxygens (including phenoxy) is 1. The van der Waals surface area contributed by atoms with Crippen molar-refractivity contribution in [1.82, 2.24) is 4.98 Å². The number of benzene rings is 4. The highest BCUT2D eigenvalue weighted by Crippen LogP contribution is 2.34. The van der Waals surface area contributed by atoms with E-state index in [0.29, 0.717) is 35.2 Å². The first-order chi connectivity index (χ1) is 19.1. The number of sulfonamides is 1. The second kappa shape index (κ2) is 10.9. The minimum atomic E-state index is -4.68. The van der Waals surface area contributed by atoms with Crippen LogP contribution in [-0.2, 0) is 29.2 Å². The monoisotopic (exact) mass is 564 g/mol. The zero-order chi connectivity index (χ0) is 28.3. The van der Waals surface area contributed by atoms with Crippen LogP contribution in [0.4, 0.5) is 18.9 Å². The Hall–Kier alpha value is -4.57. The van der Waals surface area contributed by atoms with Crippen molar-refractivity contribution in [3.63, 3.8) is 0 Å². The van der Waals surface area contributed by atoms with Gasteiger partial charge in [-0.3, -0.25) is 9.52 Å². The van der Waals surface area contributed by atoms with Crippen molar-refractivity contribution in [1.29, 1.82) is 0 Å². The Labute approximate surface area is 228 Å². The first-order valence-corrected chi connectivity index (χ1v) is 13.7. The number of aromatic amines is 1. The molecule has 0 amide bonds. The van der Waals surface area contributed by atoms with Crippen LogP contribution in [-0.4, -0.2) is 13.4 Å². The van der Waals surface area contributed by atoms with E-state index in [2.05, 4.69) is 9.71 Å². The molecule has 4 aromatic carbocycles. The summed E-state index contributed by atoms with van der Waals surface area (Å²) in [5, 5.41) is -0.108. The molecule has 0 saturated carbocycles. The maximum atomic E-state index is 13.5. The van der Waals surface area contributed by atoms with Crippen LogP contribution in [0, 0.1) is 0 Å². The van der Waals surface area contributed by atoms with Gasteiger partial charge in [0.25, 0.3) is 10.0 Å². The van der Waals surface area contributed by atoms with E-state index in [-0.39, 0.29) is 22.2 Å². The first kappa shape index (κ1) is 27.0. The van der Waals surface area contributed by atoms with Crippen molar-refractivity contribution in [2.45, 2.75) is 24.1 Å². The van der Waals surface area contributed by atoms with Crippen molar-refractivity contribution in [3.05, 3.63) is 136 Å². The lowest BCUT2D eigenvalue weighted by molar-refractivity contribution is -0.136. The average molecular weight is 565 g/mol. The summed E-state index contributed by atoms with van der Waals surface area (Å²) in [7, 11) is -3.91. The summed E-state index contributed by atoms with van der Waals surface area (Å²) in [6.07, 6.45) is -4.41. The van der Waals surface area contributed by atoms with Gasteiger partial charge < -0.3 is 9.72 Å². The third kappa shape index (κ3) is 6.35. The Morgan fingerprint density at radius 2 is 1.50 bits per heavy atom. The molecule has 10 heteroatoms. The summed E-state index contributed by atoms with van der Waals surface area (Å²) in [5.74, 6) is 0.507. The van der Waals surface area contributed by atoms with Crippen LogP contribution in [0.1, 0.15) is 22.3 Å². The van der Waals surface area contributed by atoms with Crippen LogP contribution >= 0.6 is 0 Å². The highest BCUT2D eigenvalue weighted by atomic mass is 32.2. The molecule has 0 aliphatic rings. The van der Waals surface area contributed by atoms with Gasteiger partial charge in [0.15, 0.2) is 0 Å². The molecule has 0 saturated heterocycles. The minimum absolute atomic E-state index is 0.0299. The molecule has 0 fully saturated rings. The van der Waals surface area contributed by atoms with Crippen molar-refractivity contribution in [2.24, 2.45) is 0 Å². The number of pyridine rings is 1. The molecular weight excluding hydrogens is 541 g/mol. The summed E-state index contributed by atoms with van der Waals surface area (Å²) in [4.78, 5) is 14.1. The van der Waals surface area contributed by atoms with Crippen LogP contribution in [0.25, 0.3) is 10.9 Å². The van der Waals surface area contributed by atoms with E-state index in [1.807, 2.05) is 30.3 Å². The predicted molar refractivity (Wildman–Crippen MR) is 147 cm³/mol. The fourth-order valence-corrected chi connectivity index (χ4v) is 5.32. The average Bonchev–Trinajstić information content (AvgIpc) is 2.92. The highest BCUT2D eigenvalue weighted by molar-refractivity contribution is 7.92. The van der Waals surface area contributed by atoms with E-state index in [1.54, 1.807) is 42.5 Å². The predicted octanol–water partition coefficient (Wildman–Crippen LogP) is 6.52. The van der Waals surface area contributed by atoms with E-state index < -0.39 is 27.3 Å². The minimum Gasteiger partial charge on any atom is -0.489 e. The smallest absolute Gasteiger partial charge is 0.417 e. The third-order valence-corrected chi connectivity index (χ3v) is 7.59. The zero-order valence-electron chi connectivity index (χ0n) is 20.9. The molecular formula is C30H23F3N2O4S. The number of halogens is 3. The van der Waals surface area contributed by atoms with Gasteiger partial charge in [0.2, 0.25) is 5.56 Å². The molecule has 5 aromatic rings. The van der Waals surface area contributed by atoms with E-state index in [0.717, 1.165) is 5.56 Å². The molecule has 204 valence electrons. The molecule has 0 aliphatic carbocycles. The van der Waals surface area contributed by atoms with Crippen LogP contribution in [0.2, 0.25) is 0 Å². The van der Waals surface area contributed by atoms with Crippen LogP contribution in [0.5, 0.6) is 5.75 Å². The Morgan fingerprint density at radius 3 is 2.23 bits per heavy atom. The Morgan fingerprint density at radius 1 is 0.775 bits per heavy atom. The van der Waals surface area contributed by atoms with Gasteiger partial charge in [-0.15, -0.1) is 0 Å². The van der Waals surface area contributed by atoms with Gasteiger partial charge >= 0.3 is 6.18 Å². The lowest BCUT2D eigenvalue weighted by atomic mass is 10.0. The normalized spacial score (nSPS) is 11.9. The van der Waals surface area contributed by atoms with E-state index in [1.165, 1.54) is 24.3 Å². The van der Waals surface area contributed by atoms with Crippen LogP contribution in [0.15, 0.2) is 113 Å². The van der Waals surface area contributed by atoms with Gasteiger partial charge in [-0.05, 0) is 59.5 Å². The number of H-pyrrole nitrogens is 1.